The molecule has 1 aliphatic carbocycles. The molecule has 0 unspecified atom stereocenters. The molecule has 5 heteroatoms. The van der Waals surface area contributed by atoms with Crippen LogP contribution in [-0.4, -0.2) is 50.7 Å². The Hall–Kier alpha value is -0.320. The second kappa shape index (κ2) is 7.46. The molecule has 1 heterocycles. The topological polar surface area (TPSA) is 41.6 Å². The summed E-state index contributed by atoms with van der Waals surface area (Å²) in [5.41, 5.74) is -0.273. The molecule has 0 aromatic carbocycles. The number of carbonyl (C=O) groups excluding carboxylic acids is 1. The molecular weight excluding hydrogens is 264 g/mol. The summed E-state index contributed by atoms with van der Waals surface area (Å²) in [6.45, 7) is 6.28. The predicted octanol–water partition coefficient (Wildman–Crippen LogP) is 1.68. The van der Waals surface area contributed by atoms with E-state index in [1.165, 1.54) is 12.8 Å². The molecule has 19 heavy (non-hydrogen) atoms. The minimum atomic E-state index is -0.273. The third kappa shape index (κ3) is 4.07. The number of amides is 1. The highest BCUT2D eigenvalue weighted by Crippen LogP contribution is 2.35. The van der Waals surface area contributed by atoms with Crippen molar-refractivity contribution in [3.63, 3.8) is 0 Å². The summed E-state index contributed by atoms with van der Waals surface area (Å²) >= 11 is 0. The van der Waals surface area contributed by atoms with Crippen molar-refractivity contribution >= 4 is 18.3 Å². The summed E-state index contributed by atoms with van der Waals surface area (Å²) in [5.74, 6) is 1.08. The number of halogens is 1. The molecule has 1 saturated heterocycles. The number of hydrogen-bond acceptors (Lipinski definition) is 3. The summed E-state index contributed by atoms with van der Waals surface area (Å²) in [4.78, 5) is 14.9. The number of hydrogen-bond donors (Lipinski definition) is 1. The van der Waals surface area contributed by atoms with Crippen LogP contribution in [0.2, 0.25) is 0 Å². The number of rotatable bonds is 6. The number of ether oxygens (including phenoxy) is 1. The van der Waals surface area contributed by atoms with Crippen molar-refractivity contribution in [3.05, 3.63) is 0 Å². The van der Waals surface area contributed by atoms with Crippen molar-refractivity contribution in [3.8, 4) is 0 Å². The third-order valence-corrected chi connectivity index (χ3v) is 4.28. The van der Waals surface area contributed by atoms with Crippen molar-refractivity contribution in [2.24, 2.45) is 11.3 Å². The first-order valence-electron chi connectivity index (χ1n) is 7.21. The average molecular weight is 291 g/mol. The highest BCUT2D eigenvalue weighted by atomic mass is 35.5. The van der Waals surface area contributed by atoms with Crippen LogP contribution in [0.25, 0.3) is 0 Å². The van der Waals surface area contributed by atoms with E-state index in [4.69, 9.17) is 4.74 Å². The van der Waals surface area contributed by atoms with Gasteiger partial charge in [-0.2, -0.15) is 0 Å². The molecule has 4 nitrogen and oxygen atoms in total. The maximum Gasteiger partial charge on any atom is 0.231 e. The fourth-order valence-corrected chi connectivity index (χ4v) is 2.90. The van der Waals surface area contributed by atoms with Crippen LogP contribution in [0.1, 0.15) is 32.6 Å². The fourth-order valence-electron chi connectivity index (χ4n) is 2.90. The summed E-state index contributed by atoms with van der Waals surface area (Å²) < 4.78 is 5.35. The molecule has 2 fully saturated rings. The van der Waals surface area contributed by atoms with Gasteiger partial charge < -0.3 is 15.0 Å². The van der Waals surface area contributed by atoms with E-state index in [0.29, 0.717) is 12.5 Å². The van der Waals surface area contributed by atoms with Crippen molar-refractivity contribution in [1.29, 1.82) is 0 Å². The second-order valence-corrected chi connectivity index (χ2v) is 5.75. The highest BCUT2D eigenvalue weighted by Gasteiger charge is 2.42. The van der Waals surface area contributed by atoms with Crippen LogP contribution in [0.3, 0.4) is 0 Å². The maximum atomic E-state index is 12.8. The van der Waals surface area contributed by atoms with Crippen LogP contribution < -0.4 is 5.32 Å². The van der Waals surface area contributed by atoms with Gasteiger partial charge in [0.05, 0.1) is 12.0 Å². The zero-order valence-corrected chi connectivity index (χ0v) is 12.9. The van der Waals surface area contributed by atoms with E-state index >= 15 is 0 Å². The van der Waals surface area contributed by atoms with E-state index < -0.39 is 0 Å². The lowest BCUT2D eigenvalue weighted by molar-refractivity contribution is -0.147. The average Bonchev–Trinajstić information content (AvgIpc) is 3.20. The SMILES string of the molecule is CCN(CC1CC1)C(=O)C1(COC)CCNCC1.Cl. The summed E-state index contributed by atoms with van der Waals surface area (Å²) in [6.07, 6.45) is 4.40. The Labute approximate surface area is 122 Å². The molecule has 1 saturated carbocycles. The Balaban J connectivity index is 0.00000180. The molecule has 0 aromatic heterocycles. The first-order chi connectivity index (χ1) is 8.72. The molecule has 0 radical (unpaired) electrons. The minimum Gasteiger partial charge on any atom is -0.384 e. The Morgan fingerprint density at radius 3 is 2.47 bits per heavy atom. The van der Waals surface area contributed by atoms with Crippen molar-refractivity contribution in [2.75, 3.05) is 39.9 Å². The lowest BCUT2D eigenvalue weighted by Crippen LogP contribution is -2.52. The lowest BCUT2D eigenvalue weighted by atomic mass is 9.78. The van der Waals surface area contributed by atoms with Crippen molar-refractivity contribution in [2.45, 2.75) is 32.6 Å². The van der Waals surface area contributed by atoms with Crippen molar-refractivity contribution < 1.29 is 9.53 Å². The van der Waals surface area contributed by atoms with Crippen LogP contribution in [-0.2, 0) is 9.53 Å². The second-order valence-electron chi connectivity index (χ2n) is 5.75. The van der Waals surface area contributed by atoms with Gasteiger partial charge in [0.25, 0.3) is 0 Å². The molecule has 1 aliphatic heterocycles. The van der Waals surface area contributed by atoms with Gasteiger partial charge in [0, 0.05) is 20.2 Å². The Bertz CT molecular complexity index is 284. The van der Waals surface area contributed by atoms with Gasteiger partial charge in [-0.1, -0.05) is 0 Å². The van der Waals surface area contributed by atoms with E-state index in [1.807, 2.05) is 0 Å². The Morgan fingerprint density at radius 1 is 1.37 bits per heavy atom. The monoisotopic (exact) mass is 290 g/mol. The Kier molecular flexibility index (Phi) is 6.57. The van der Waals surface area contributed by atoms with Crippen LogP contribution >= 0.6 is 12.4 Å². The summed E-state index contributed by atoms with van der Waals surface area (Å²) in [5, 5.41) is 3.34. The van der Waals surface area contributed by atoms with Crippen LogP contribution in [0, 0.1) is 11.3 Å². The number of nitrogens with one attached hydrogen (secondary N) is 1. The van der Waals surface area contributed by atoms with Gasteiger partial charge in [0.15, 0.2) is 0 Å². The van der Waals surface area contributed by atoms with Gasteiger partial charge in [0.1, 0.15) is 0 Å². The van der Waals surface area contributed by atoms with E-state index in [2.05, 4.69) is 17.1 Å². The molecule has 1 N–H and O–H groups in total. The first-order valence-corrected chi connectivity index (χ1v) is 7.21. The summed E-state index contributed by atoms with van der Waals surface area (Å²) in [6, 6.07) is 0. The molecule has 112 valence electrons. The third-order valence-electron chi connectivity index (χ3n) is 4.28. The minimum absolute atomic E-state index is 0. The fraction of sp³-hybridized carbons (Fsp3) is 0.929. The normalized spacial score (nSPS) is 21.6. The quantitative estimate of drug-likeness (QED) is 0.809. The molecule has 0 aromatic rings. The molecular formula is C14H27ClN2O2. The van der Waals surface area contributed by atoms with E-state index in [1.54, 1.807) is 7.11 Å². The predicted molar refractivity (Wildman–Crippen MR) is 78.6 cm³/mol. The molecule has 1 amide bonds. The largest absolute Gasteiger partial charge is 0.384 e. The molecule has 0 atom stereocenters. The number of piperidine rings is 1. The smallest absolute Gasteiger partial charge is 0.231 e. The van der Waals surface area contributed by atoms with Gasteiger partial charge in [-0.05, 0) is 51.6 Å². The number of carbonyl (C=O) groups is 1. The van der Waals surface area contributed by atoms with E-state index in [-0.39, 0.29) is 17.8 Å². The van der Waals surface area contributed by atoms with Gasteiger partial charge >= 0.3 is 0 Å². The van der Waals surface area contributed by atoms with Crippen molar-refractivity contribution in [1.82, 2.24) is 10.2 Å². The Morgan fingerprint density at radius 2 is 2.00 bits per heavy atom. The standard InChI is InChI=1S/C14H26N2O2.ClH/c1-3-16(10-12-4-5-12)13(17)14(11-18-2)6-8-15-9-7-14;/h12,15H,3-11H2,1-2H3;1H. The van der Waals surface area contributed by atoms with Gasteiger partial charge in [-0.25, -0.2) is 0 Å². The van der Waals surface area contributed by atoms with Gasteiger partial charge in [-0.15, -0.1) is 12.4 Å². The first kappa shape index (κ1) is 16.7. The zero-order valence-electron chi connectivity index (χ0n) is 12.1. The number of nitrogens with zero attached hydrogens (tertiary/aromatic N) is 1. The molecule has 0 spiro atoms. The van der Waals surface area contributed by atoms with E-state index in [0.717, 1.165) is 44.9 Å². The van der Waals surface area contributed by atoms with Gasteiger partial charge in [0.2, 0.25) is 5.91 Å². The maximum absolute atomic E-state index is 12.8. The van der Waals surface area contributed by atoms with Crippen LogP contribution in [0.5, 0.6) is 0 Å². The van der Waals surface area contributed by atoms with E-state index in [9.17, 15) is 4.79 Å². The zero-order chi connectivity index (χ0) is 13.0. The highest BCUT2D eigenvalue weighted by molar-refractivity contribution is 5.85. The van der Waals surface area contributed by atoms with Gasteiger partial charge in [-0.3, -0.25) is 4.79 Å². The lowest BCUT2D eigenvalue weighted by Gasteiger charge is -2.39. The molecule has 2 aliphatic rings. The number of methoxy groups -OCH3 is 1. The van der Waals surface area contributed by atoms with Crippen LogP contribution in [0.4, 0.5) is 0 Å². The molecule has 2 rings (SSSR count). The molecule has 0 bridgehead atoms. The summed E-state index contributed by atoms with van der Waals surface area (Å²) in [7, 11) is 1.70. The van der Waals surface area contributed by atoms with Crippen LogP contribution in [0.15, 0.2) is 0 Å².